The molecule has 1 unspecified atom stereocenters. The molecule has 0 aliphatic rings. The summed E-state index contributed by atoms with van der Waals surface area (Å²) < 4.78 is 1.28. The minimum absolute atomic E-state index is 0.299. The summed E-state index contributed by atoms with van der Waals surface area (Å²) in [6.45, 7) is 2.17. The van der Waals surface area contributed by atoms with E-state index in [0.717, 1.165) is 5.82 Å². The van der Waals surface area contributed by atoms with Gasteiger partial charge in [0.2, 0.25) is 0 Å². The number of hydrogen-bond donors (Lipinski definition) is 1. The van der Waals surface area contributed by atoms with Gasteiger partial charge in [0.05, 0.1) is 6.04 Å². The molecule has 0 radical (unpaired) electrons. The zero-order valence-corrected chi connectivity index (χ0v) is 11.0. The molecule has 3 aromatic rings. The molecule has 1 N–H and O–H groups in total. The van der Waals surface area contributed by atoms with Gasteiger partial charge in [-0.2, -0.15) is 0 Å². The lowest BCUT2D eigenvalue weighted by molar-refractivity contribution is 0.900. The Kier molecular flexibility index (Phi) is 2.82. The molecule has 0 aromatic carbocycles. The number of rotatable bonds is 3. The standard InChI is InChI=1S/C13H12N2S2/c1-9(11-3-2-7-16-11)15-13-10-5-8-17-12(10)4-6-14-13/h2-9H,1H3,(H,14,15). The first-order valence-corrected chi connectivity index (χ1v) is 7.22. The minimum atomic E-state index is 0.299. The molecule has 0 saturated carbocycles. The van der Waals surface area contributed by atoms with Crippen molar-refractivity contribution in [2.45, 2.75) is 13.0 Å². The number of fused-ring (bicyclic) bond motifs is 1. The summed E-state index contributed by atoms with van der Waals surface area (Å²) in [7, 11) is 0. The summed E-state index contributed by atoms with van der Waals surface area (Å²) in [6.07, 6.45) is 1.86. The number of nitrogens with one attached hydrogen (secondary N) is 1. The molecule has 0 aliphatic carbocycles. The largest absolute Gasteiger partial charge is 0.362 e. The Balaban J connectivity index is 1.92. The van der Waals surface area contributed by atoms with E-state index in [9.17, 15) is 0 Å². The molecule has 0 bridgehead atoms. The smallest absolute Gasteiger partial charge is 0.135 e. The van der Waals surface area contributed by atoms with Crippen LogP contribution in [0.4, 0.5) is 5.82 Å². The number of thiophene rings is 2. The fourth-order valence-corrected chi connectivity index (χ4v) is 3.34. The summed E-state index contributed by atoms with van der Waals surface area (Å²) in [6, 6.07) is 8.71. The zero-order chi connectivity index (χ0) is 11.7. The first kappa shape index (κ1) is 10.7. The van der Waals surface area contributed by atoms with Crippen LogP contribution < -0.4 is 5.32 Å². The van der Waals surface area contributed by atoms with Crippen molar-refractivity contribution in [3.8, 4) is 0 Å². The highest BCUT2D eigenvalue weighted by atomic mass is 32.1. The summed E-state index contributed by atoms with van der Waals surface area (Å²) in [4.78, 5) is 5.76. The quantitative estimate of drug-likeness (QED) is 0.748. The van der Waals surface area contributed by atoms with Crippen molar-refractivity contribution < 1.29 is 0 Å². The Morgan fingerprint density at radius 2 is 2.12 bits per heavy atom. The van der Waals surface area contributed by atoms with E-state index in [4.69, 9.17) is 0 Å². The highest BCUT2D eigenvalue weighted by Gasteiger charge is 2.09. The van der Waals surface area contributed by atoms with E-state index in [1.165, 1.54) is 15.0 Å². The maximum atomic E-state index is 4.43. The Bertz CT molecular complexity index is 613. The van der Waals surface area contributed by atoms with Crippen LogP contribution in [0.2, 0.25) is 0 Å². The molecule has 0 saturated heterocycles. The Morgan fingerprint density at radius 1 is 1.18 bits per heavy atom. The van der Waals surface area contributed by atoms with E-state index in [2.05, 4.69) is 52.3 Å². The van der Waals surface area contributed by atoms with E-state index in [0.29, 0.717) is 6.04 Å². The van der Waals surface area contributed by atoms with Gasteiger partial charge in [0.1, 0.15) is 5.82 Å². The summed E-state index contributed by atoms with van der Waals surface area (Å²) in [5.41, 5.74) is 0. The molecule has 3 heterocycles. The fourth-order valence-electron chi connectivity index (χ4n) is 1.82. The van der Waals surface area contributed by atoms with Gasteiger partial charge in [-0.3, -0.25) is 0 Å². The third kappa shape index (κ3) is 2.06. The van der Waals surface area contributed by atoms with Crippen LogP contribution in [-0.4, -0.2) is 4.98 Å². The molecule has 0 fully saturated rings. The van der Waals surface area contributed by atoms with Crippen LogP contribution in [0, 0.1) is 0 Å². The second-order valence-corrected chi connectivity index (χ2v) is 5.80. The van der Waals surface area contributed by atoms with Crippen LogP contribution >= 0.6 is 22.7 Å². The molecule has 86 valence electrons. The van der Waals surface area contributed by atoms with Gasteiger partial charge < -0.3 is 5.32 Å². The topological polar surface area (TPSA) is 24.9 Å². The SMILES string of the molecule is CC(Nc1nccc2sccc12)c1cccs1. The second-order valence-electron chi connectivity index (χ2n) is 3.87. The van der Waals surface area contributed by atoms with Gasteiger partial charge in [-0.15, -0.1) is 22.7 Å². The zero-order valence-electron chi connectivity index (χ0n) is 9.38. The molecule has 3 rings (SSSR count). The first-order valence-electron chi connectivity index (χ1n) is 5.47. The third-order valence-electron chi connectivity index (χ3n) is 2.70. The van der Waals surface area contributed by atoms with E-state index in [1.54, 1.807) is 22.7 Å². The third-order valence-corrected chi connectivity index (χ3v) is 4.64. The van der Waals surface area contributed by atoms with Crippen LogP contribution in [0.5, 0.6) is 0 Å². The number of pyridine rings is 1. The Labute approximate surface area is 108 Å². The number of nitrogens with zero attached hydrogens (tertiary/aromatic N) is 1. The van der Waals surface area contributed by atoms with Gasteiger partial charge >= 0.3 is 0 Å². The monoisotopic (exact) mass is 260 g/mol. The summed E-state index contributed by atoms with van der Waals surface area (Å²) in [5, 5.41) is 8.90. The summed E-state index contributed by atoms with van der Waals surface area (Å²) >= 11 is 3.52. The molecule has 1 atom stereocenters. The van der Waals surface area contributed by atoms with Gasteiger partial charge in [-0.25, -0.2) is 4.98 Å². The predicted octanol–water partition coefficient (Wildman–Crippen LogP) is 4.53. The molecule has 0 aliphatic heterocycles. The molecule has 3 aromatic heterocycles. The Hall–Kier alpha value is -1.39. The van der Waals surface area contributed by atoms with Crippen molar-refractivity contribution in [2.24, 2.45) is 0 Å². The molecule has 0 spiro atoms. The highest BCUT2D eigenvalue weighted by molar-refractivity contribution is 7.17. The van der Waals surface area contributed by atoms with Crippen molar-refractivity contribution in [2.75, 3.05) is 5.32 Å². The fraction of sp³-hybridized carbons (Fsp3) is 0.154. The van der Waals surface area contributed by atoms with Gasteiger partial charge in [0, 0.05) is 21.2 Å². The lowest BCUT2D eigenvalue weighted by Gasteiger charge is -2.13. The van der Waals surface area contributed by atoms with Crippen molar-refractivity contribution >= 4 is 38.6 Å². The van der Waals surface area contributed by atoms with Crippen LogP contribution in [0.25, 0.3) is 10.1 Å². The molecular formula is C13H12N2S2. The average Bonchev–Trinajstić information content (AvgIpc) is 3.00. The predicted molar refractivity (Wildman–Crippen MR) is 76.0 cm³/mol. The second kappa shape index (κ2) is 4.47. The van der Waals surface area contributed by atoms with Gasteiger partial charge in [0.25, 0.3) is 0 Å². The van der Waals surface area contributed by atoms with E-state index in [-0.39, 0.29) is 0 Å². The van der Waals surface area contributed by atoms with Gasteiger partial charge in [0.15, 0.2) is 0 Å². The maximum Gasteiger partial charge on any atom is 0.135 e. The van der Waals surface area contributed by atoms with Gasteiger partial charge in [-0.05, 0) is 35.9 Å². The number of anilines is 1. The number of hydrogen-bond acceptors (Lipinski definition) is 4. The minimum Gasteiger partial charge on any atom is -0.362 e. The van der Waals surface area contributed by atoms with E-state index in [1.807, 2.05) is 6.20 Å². The normalized spacial score (nSPS) is 12.8. The molecular weight excluding hydrogens is 248 g/mol. The van der Waals surface area contributed by atoms with Crippen LogP contribution in [-0.2, 0) is 0 Å². The van der Waals surface area contributed by atoms with Crippen molar-refractivity contribution in [1.82, 2.24) is 4.98 Å². The molecule has 17 heavy (non-hydrogen) atoms. The van der Waals surface area contributed by atoms with Crippen molar-refractivity contribution in [3.63, 3.8) is 0 Å². The highest BCUT2D eigenvalue weighted by Crippen LogP contribution is 2.29. The lowest BCUT2D eigenvalue weighted by atomic mass is 10.2. The van der Waals surface area contributed by atoms with Crippen molar-refractivity contribution in [3.05, 3.63) is 46.1 Å². The number of aromatic nitrogens is 1. The Morgan fingerprint density at radius 3 is 2.94 bits per heavy atom. The van der Waals surface area contributed by atoms with E-state index < -0.39 is 0 Å². The molecule has 4 heteroatoms. The van der Waals surface area contributed by atoms with Crippen molar-refractivity contribution in [1.29, 1.82) is 0 Å². The van der Waals surface area contributed by atoms with Crippen LogP contribution in [0.3, 0.4) is 0 Å². The first-order chi connectivity index (χ1) is 8.34. The van der Waals surface area contributed by atoms with Crippen LogP contribution in [0.15, 0.2) is 41.2 Å². The lowest BCUT2D eigenvalue weighted by Crippen LogP contribution is -2.06. The molecule has 2 nitrogen and oxygen atoms in total. The summed E-state index contributed by atoms with van der Waals surface area (Å²) in [5.74, 6) is 0.977. The maximum absolute atomic E-state index is 4.43. The molecule has 0 amide bonds. The van der Waals surface area contributed by atoms with Gasteiger partial charge in [-0.1, -0.05) is 6.07 Å². The average molecular weight is 260 g/mol. The van der Waals surface area contributed by atoms with E-state index >= 15 is 0 Å². The van der Waals surface area contributed by atoms with Crippen LogP contribution in [0.1, 0.15) is 17.8 Å².